The van der Waals surface area contributed by atoms with Gasteiger partial charge < -0.3 is 10.0 Å². The molecule has 0 saturated heterocycles. The van der Waals surface area contributed by atoms with Crippen LogP contribution in [0.1, 0.15) is 42.4 Å². The minimum atomic E-state index is -4.55. The highest BCUT2D eigenvalue weighted by molar-refractivity contribution is 7.91. The first-order valence-electron chi connectivity index (χ1n) is 10.2. The predicted octanol–water partition coefficient (Wildman–Crippen LogP) is 3.89. The molecule has 4 rings (SSSR count). The number of aromatic nitrogens is 2. The van der Waals surface area contributed by atoms with Gasteiger partial charge in [-0.1, -0.05) is 12.8 Å². The molecule has 0 bridgehead atoms. The molecular formula is C21H24F3N3O3S. The summed E-state index contributed by atoms with van der Waals surface area (Å²) in [7, 11) is -3.21. The molecule has 2 atom stereocenters. The quantitative estimate of drug-likeness (QED) is 0.756. The highest BCUT2D eigenvalue weighted by Gasteiger charge is 2.40. The van der Waals surface area contributed by atoms with Gasteiger partial charge in [-0.05, 0) is 49.9 Å². The molecule has 6 nitrogen and oxygen atoms in total. The molecule has 2 heterocycles. The molecule has 1 aliphatic carbocycles. The fraction of sp³-hybridized carbons (Fsp3) is 0.524. The molecule has 2 aromatic rings. The summed E-state index contributed by atoms with van der Waals surface area (Å²) in [4.78, 5) is 2.01. The number of aryl methyl sites for hydroxylation is 1. The number of halogens is 3. The molecule has 31 heavy (non-hydrogen) atoms. The zero-order chi connectivity index (χ0) is 22.6. The molecule has 0 amide bonds. The van der Waals surface area contributed by atoms with Crippen LogP contribution < -0.4 is 4.90 Å². The fourth-order valence-corrected chi connectivity index (χ4v) is 6.29. The van der Waals surface area contributed by atoms with E-state index in [4.69, 9.17) is 0 Å². The lowest BCUT2D eigenvalue weighted by atomic mass is 9.94. The number of alkyl halides is 3. The number of sulfone groups is 1. The number of phenols is 1. The van der Waals surface area contributed by atoms with Gasteiger partial charge in [-0.2, -0.15) is 13.2 Å². The van der Waals surface area contributed by atoms with E-state index in [2.05, 4.69) is 10.2 Å². The van der Waals surface area contributed by atoms with Crippen LogP contribution >= 0.6 is 0 Å². The summed E-state index contributed by atoms with van der Waals surface area (Å²) < 4.78 is 63.6. The van der Waals surface area contributed by atoms with Crippen LogP contribution in [0.4, 0.5) is 19.0 Å². The zero-order valence-electron chi connectivity index (χ0n) is 17.3. The molecule has 168 valence electrons. The maximum absolute atomic E-state index is 13.0. The first kappa shape index (κ1) is 21.9. The van der Waals surface area contributed by atoms with E-state index in [0.717, 1.165) is 30.9 Å². The molecule has 2 aliphatic rings. The van der Waals surface area contributed by atoms with Crippen molar-refractivity contribution >= 4 is 15.7 Å². The van der Waals surface area contributed by atoms with Crippen molar-refractivity contribution in [2.45, 2.75) is 56.5 Å². The van der Waals surface area contributed by atoms with Crippen LogP contribution in [-0.2, 0) is 22.4 Å². The van der Waals surface area contributed by atoms with E-state index in [1.54, 1.807) is 6.07 Å². The average molecular weight is 456 g/mol. The Bertz CT molecular complexity index is 1100. The lowest BCUT2D eigenvalue weighted by Crippen LogP contribution is -2.48. The zero-order valence-corrected chi connectivity index (χ0v) is 18.1. The maximum Gasteiger partial charge on any atom is 0.416 e. The number of anilines is 1. The second-order valence-corrected chi connectivity index (χ2v) is 10.7. The Morgan fingerprint density at radius 3 is 2.48 bits per heavy atom. The SMILES string of the molecule is Cc1cc(C(F)(F)F)cc(O)c1-c1cc2c(nn1)N([C@@H]1CCCC[C@H]1S(C)(=O)=O)CC2. The van der Waals surface area contributed by atoms with Crippen molar-refractivity contribution in [1.29, 1.82) is 0 Å². The number of fused-ring (bicyclic) bond motifs is 1. The van der Waals surface area contributed by atoms with Gasteiger partial charge in [-0.15, -0.1) is 10.2 Å². The van der Waals surface area contributed by atoms with Crippen molar-refractivity contribution in [3.05, 3.63) is 34.9 Å². The number of benzene rings is 1. The van der Waals surface area contributed by atoms with Crippen LogP contribution in [0, 0.1) is 6.92 Å². The predicted molar refractivity (Wildman–Crippen MR) is 111 cm³/mol. The Morgan fingerprint density at radius 1 is 1.13 bits per heavy atom. The molecule has 1 aliphatic heterocycles. The van der Waals surface area contributed by atoms with E-state index in [-0.39, 0.29) is 17.2 Å². The molecule has 10 heteroatoms. The Kier molecular flexibility index (Phi) is 5.39. The van der Waals surface area contributed by atoms with Gasteiger partial charge in [-0.3, -0.25) is 0 Å². The van der Waals surface area contributed by atoms with Gasteiger partial charge in [0.05, 0.1) is 16.5 Å². The van der Waals surface area contributed by atoms with Crippen LogP contribution in [-0.4, -0.2) is 47.8 Å². The van der Waals surface area contributed by atoms with E-state index < -0.39 is 32.6 Å². The van der Waals surface area contributed by atoms with Crippen molar-refractivity contribution in [2.24, 2.45) is 0 Å². The number of hydrogen-bond acceptors (Lipinski definition) is 6. The van der Waals surface area contributed by atoms with Crippen LogP contribution in [0.15, 0.2) is 18.2 Å². The summed E-state index contributed by atoms with van der Waals surface area (Å²) in [5, 5.41) is 18.3. The lowest BCUT2D eigenvalue weighted by Gasteiger charge is -2.37. The standard InChI is InChI=1S/C21H24F3N3O3S/c1-12-9-14(21(22,23)24)11-17(28)19(12)15-10-13-7-8-27(20(13)26-25-15)16-5-3-4-6-18(16)31(2,29)30/h9-11,16,18,28H,3-8H2,1-2H3/t16-,18-/m1/s1. The molecule has 0 spiro atoms. The van der Waals surface area contributed by atoms with Crippen LogP contribution in [0.3, 0.4) is 0 Å². The molecular weight excluding hydrogens is 431 g/mol. The number of nitrogens with zero attached hydrogens (tertiary/aromatic N) is 3. The molecule has 1 aromatic carbocycles. The van der Waals surface area contributed by atoms with Gasteiger partial charge >= 0.3 is 6.18 Å². The van der Waals surface area contributed by atoms with E-state index >= 15 is 0 Å². The van der Waals surface area contributed by atoms with Gasteiger partial charge in [0.25, 0.3) is 0 Å². The number of rotatable bonds is 3. The van der Waals surface area contributed by atoms with Gasteiger partial charge in [0.1, 0.15) is 5.75 Å². The Balaban J connectivity index is 1.69. The third kappa shape index (κ3) is 4.09. The van der Waals surface area contributed by atoms with Gasteiger partial charge in [0.15, 0.2) is 15.7 Å². The third-order valence-electron chi connectivity index (χ3n) is 6.26. The van der Waals surface area contributed by atoms with Gasteiger partial charge in [0.2, 0.25) is 0 Å². The first-order chi connectivity index (χ1) is 14.5. The number of phenolic OH excluding ortho intramolecular Hbond substituents is 1. The van der Waals surface area contributed by atoms with E-state index in [1.807, 2.05) is 4.90 Å². The molecule has 0 radical (unpaired) electrons. The van der Waals surface area contributed by atoms with Crippen molar-refractivity contribution in [1.82, 2.24) is 10.2 Å². The van der Waals surface area contributed by atoms with Gasteiger partial charge in [-0.25, -0.2) is 8.42 Å². The summed E-state index contributed by atoms with van der Waals surface area (Å²) in [6.07, 6.45) is 0.571. The summed E-state index contributed by atoms with van der Waals surface area (Å²) in [5.41, 5.74) is 0.694. The lowest BCUT2D eigenvalue weighted by molar-refractivity contribution is -0.137. The topological polar surface area (TPSA) is 83.4 Å². The number of aromatic hydroxyl groups is 1. The first-order valence-corrected chi connectivity index (χ1v) is 12.2. The summed E-state index contributed by atoms with van der Waals surface area (Å²) >= 11 is 0. The summed E-state index contributed by atoms with van der Waals surface area (Å²) in [6.45, 7) is 2.10. The van der Waals surface area contributed by atoms with Crippen molar-refractivity contribution < 1.29 is 26.7 Å². The molecule has 1 aromatic heterocycles. The Morgan fingerprint density at radius 2 is 1.84 bits per heavy atom. The molecule has 1 saturated carbocycles. The highest BCUT2D eigenvalue weighted by Crippen LogP contribution is 2.40. The van der Waals surface area contributed by atoms with Crippen LogP contribution in [0.5, 0.6) is 5.75 Å². The average Bonchev–Trinajstić information content (AvgIpc) is 3.09. The Hall–Kier alpha value is -2.36. The smallest absolute Gasteiger partial charge is 0.416 e. The minimum absolute atomic E-state index is 0.161. The highest BCUT2D eigenvalue weighted by atomic mass is 32.2. The van der Waals surface area contributed by atoms with E-state index in [1.165, 1.54) is 13.2 Å². The molecule has 0 unspecified atom stereocenters. The number of hydrogen-bond donors (Lipinski definition) is 1. The van der Waals surface area contributed by atoms with Crippen molar-refractivity contribution in [3.8, 4) is 17.0 Å². The third-order valence-corrected chi connectivity index (χ3v) is 7.91. The van der Waals surface area contributed by atoms with Gasteiger partial charge in [0, 0.05) is 30.0 Å². The van der Waals surface area contributed by atoms with Crippen molar-refractivity contribution in [2.75, 3.05) is 17.7 Å². The van der Waals surface area contributed by atoms with Crippen LogP contribution in [0.25, 0.3) is 11.3 Å². The maximum atomic E-state index is 13.0. The van der Waals surface area contributed by atoms with Crippen LogP contribution in [0.2, 0.25) is 0 Å². The summed E-state index contributed by atoms with van der Waals surface area (Å²) in [5.74, 6) is 0.120. The monoisotopic (exact) mass is 455 g/mol. The normalized spacial score (nSPS) is 21.9. The largest absolute Gasteiger partial charge is 0.507 e. The fourth-order valence-electron chi connectivity index (χ4n) is 4.84. The molecule has 1 fully saturated rings. The minimum Gasteiger partial charge on any atom is -0.507 e. The summed E-state index contributed by atoms with van der Waals surface area (Å²) in [6, 6.07) is 3.25. The van der Waals surface area contributed by atoms with E-state index in [9.17, 15) is 26.7 Å². The second-order valence-electron chi connectivity index (χ2n) is 8.43. The second kappa shape index (κ2) is 7.65. The van der Waals surface area contributed by atoms with Crippen molar-refractivity contribution in [3.63, 3.8) is 0 Å². The Labute approximate surface area is 179 Å². The van der Waals surface area contributed by atoms with E-state index in [0.29, 0.717) is 37.0 Å². The molecule has 1 N–H and O–H groups in total.